The van der Waals surface area contributed by atoms with Gasteiger partial charge in [-0.1, -0.05) is 6.07 Å². The van der Waals surface area contributed by atoms with Crippen LogP contribution in [-0.2, 0) is 16.6 Å². The third-order valence-electron chi connectivity index (χ3n) is 3.15. The molecule has 1 unspecified atom stereocenters. The summed E-state index contributed by atoms with van der Waals surface area (Å²) in [5.74, 6) is 1.07. The smallest absolute Gasteiger partial charge is 0.246 e. The lowest BCUT2D eigenvalue weighted by Crippen LogP contribution is -2.36. The number of hydrogen-bond donors (Lipinski definition) is 1. The van der Waals surface area contributed by atoms with Crippen LogP contribution in [0.15, 0.2) is 23.1 Å². The molecule has 0 aliphatic heterocycles. The third-order valence-corrected chi connectivity index (χ3v) is 5.96. The normalized spacial score (nSPS) is 13.5. The van der Waals surface area contributed by atoms with Crippen LogP contribution in [0.3, 0.4) is 0 Å². The number of methoxy groups -OCH3 is 1. The molecule has 0 saturated heterocycles. The van der Waals surface area contributed by atoms with Crippen LogP contribution < -0.4 is 10.5 Å². The van der Waals surface area contributed by atoms with E-state index in [1.54, 1.807) is 37.0 Å². The van der Waals surface area contributed by atoms with Crippen LogP contribution in [0.25, 0.3) is 0 Å². The van der Waals surface area contributed by atoms with Crippen LogP contribution in [0.2, 0.25) is 0 Å². The molecule has 0 saturated carbocycles. The van der Waals surface area contributed by atoms with Gasteiger partial charge < -0.3 is 10.5 Å². The molecule has 1 aromatic rings. The molecular formula is C13H22N2O3S2. The topological polar surface area (TPSA) is 72.6 Å². The molecule has 0 bridgehead atoms. The Kier molecular flexibility index (Phi) is 6.32. The first kappa shape index (κ1) is 17.3. The first-order valence-electron chi connectivity index (χ1n) is 6.22. The average molecular weight is 318 g/mol. The van der Waals surface area contributed by atoms with E-state index in [2.05, 4.69) is 0 Å². The molecule has 1 aromatic carbocycles. The Morgan fingerprint density at radius 3 is 2.60 bits per heavy atom. The van der Waals surface area contributed by atoms with E-state index < -0.39 is 10.0 Å². The molecule has 7 heteroatoms. The van der Waals surface area contributed by atoms with Crippen molar-refractivity contribution in [2.24, 2.45) is 5.73 Å². The molecule has 0 aliphatic carbocycles. The zero-order valence-corrected chi connectivity index (χ0v) is 13.9. The van der Waals surface area contributed by atoms with Gasteiger partial charge in [0.05, 0.1) is 7.11 Å². The Hall–Kier alpha value is -0.760. The van der Waals surface area contributed by atoms with Gasteiger partial charge in [-0.3, -0.25) is 0 Å². The molecule has 0 amide bonds. The van der Waals surface area contributed by atoms with E-state index in [-0.39, 0.29) is 17.5 Å². The highest BCUT2D eigenvalue weighted by Gasteiger charge is 2.28. The van der Waals surface area contributed by atoms with Crippen molar-refractivity contribution in [3.05, 3.63) is 23.8 Å². The van der Waals surface area contributed by atoms with Crippen LogP contribution in [0.4, 0.5) is 0 Å². The summed E-state index contributed by atoms with van der Waals surface area (Å²) in [5.41, 5.74) is 6.34. The predicted molar refractivity (Wildman–Crippen MR) is 83.7 cm³/mol. The molecule has 0 heterocycles. The second kappa shape index (κ2) is 7.31. The minimum Gasteiger partial charge on any atom is -0.495 e. The van der Waals surface area contributed by atoms with Crippen LogP contribution in [-0.4, -0.2) is 44.9 Å². The number of nitrogens with zero attached hydrogens (tertiary/aromatic N) is 1. The molecule has 0 fully saturated rings. The Bertz CT molecular complexity index is 547. The van der Waals surface area contributed by atoms with Crippen molar-refractivity contribution in [2.75, 3.05) is 26.2 Å². The number of hydrogen-bond acceptors (Lipinski definition) is 5. The zero-order valence-electron chi connectivity index (χ0n) is 12.3. The van der Waals surface area contributed by atoms with Gasteiger partial charge in [0.15, 0.2) is 0 Å². The summed E-state index contributed by atoms with van der Waals surface area (Å²) in [6, 6.07) is 4.89. The molecule has 0 spiro atoms. The molecule has 2 N–H and O–H groups in total. The zero-order chi connectivity index (χ0) is 15.3. The predicted octanol–water partition coefficient (Wildman–Crippen LogP) is 1.53. The fourth-order valence-corrected chi connectivity index (χ4v) is 4.15. The number of ether oxygens (including phenoxy) is 1. The Balaban J connectivity index is 3.26. The lowest BCUT2D eigenvalue weighted by molar-refractivity contribution is 0.389. The SMILES string of the molecule is COc1ccc(CN)cc1S(=O)(=O)N(C)C(C)CSC. The monoisotopic (exact) mass is 318 g/mol. The molecule has 0 radical (unpaired) electrons. The van der Waals surface area contributed by atoms with Crippen molar-refractivity contribution < 1.29 is 13.2 Å². The average Bonchev–Trinajstić information content (AvgIpc) is 2.45. The summed E-state index contributed by atoms with van der Waals surface area (Å²) in [6.07, 6.45) is 1.95. The highest BCUT2D eigenvalue weighted by Crippen LogP contribution is 2.28. The second-order valence-corrected chi connectivity index (χ2v) is 7.39. The number of sulfonamides is 1. The van der Waals surface area contributed by atoms with Crippen molar-refractivity contribution in [1.82, 2.24) is 4.31 Å². The van der Waals surface area contributed by atoms with Gasteiger partial charge >= 0.3 is 0 Å². The first-order chi connectivity index (χ1) is 9.38. The first-order valence-corrected chi connectivity index (χ1v) is 9.05. The van der Waals surface area contributed by atoms with Gasteiger partial charge in [-0.25, -0.2) is 8.42 Å². The number of rotatable bonds is 7. The van der Waals surface area contributed by atoms with E-state index >= 15 is 0 Å². The van der Waals surface area contributed by atoms with Crippen LogP contribution in [0.5, 0.6) is 5.75 Å². The van der Waals surface area contributed by atoms with Crippen molar-refractivity contribution >= 4 is 21.8 Å². The van der Waals surface area contributed by atoms with E-state index in [1.807, 2.05) is 13.2 Å². The number of nitrogens with two attached hydrogens (primary N) is 1. The maximum Gasteiger partial charge on any atom is 0.246 e. The standard InChI is InChI=1S/C13H22N2O3S2/c1-10(9-19-4)15(2)20(16,17)13-7-11(8-14)5-6-12(13)18-3/h5-7,10H,8-9,14H2,1-4H3. The fourth-order valence-electron chi connectivity index (χ4n) is 1.79. The van der Waals surface area contributed by atoms with E-state index in [0.29, 0.717) is 5.75 Å². The van der Waals surface area contributed by atoms with Crippen molar-refractivity contribution in [3.63, 3.8) is 0 Å². The molecule has 0 aromatic heterocycles. The minimum atomic E-state index is -3.60. The van der Waals surface area contributed by atoms with Gasteiger partial charge in [-0.05, 0) is 30.9 Å². The van der Waals surface area contributed by atoms with Gasteiger partial charge in [0.25, 0.3) is 0 Å². The van der Waals surface area contributed by atoms with Gasteiger partial charge in [0.2, 0.25) is 10.0 Å². The fraction of sp³-hybridized carbons (Fsp3) is 0.538. The summed E-state index contributed by atoms with van der Waals surface area (Å²) in [7, 11) is -0.548. The van der Waals surface area contributed by atoms with Gasteiger partial charge in [0, 0.05) is 25.4 Å². The minimum absolute atomic E-state index is 0.0961. The van der Waals surface area contributed by atoms with E-state index in [4.69, 9.17) is 10.5 Å². The van der Waals surface area contributed by atoms with Crippen molar-refractivity contribution in [1.29, 1.82) is 0 Å². The summed E-state index contributed by atoms with van der Waals surface area (Å²) in [4.78, 5) is 0.165. The summed E-state index contributed by atoms with van der Waals surface area (Å²) < 4.78 is 31.9. The molecule has 5 nitrogen and oxygen atoms in total. The maximum atomic E-state index is 12.7. The van der Waals surface area contributed by atoms with E-state index in [1.165, 1.54) is 11.4 Å². The van der Waals surface area contributed by atoms with Crippen molar-refractivity contribution in [2.45, 2.75) is 24.4 Å². The van der Waals surface area contributed by atoms with Crippen LogP contribution in [0.1, 0.15) is 12.5 Å². The van der Waals surface area contributed by atoms with Crippen LogP contribution >= 0.6 is 11.8 Å². The summed E-state index contributed by atoms with van der Waals surface area (Å²) in [5, 5.41) is 0. The Morgan fingerprint density at radius 2 is 2.10 bits per heavy atom. The quantitative estimate of drug-likeness (QED) is 0.825. The summed E-state index contributed by atoms with van der Waals surface area (Å²) >= 11 is 1.61. The van der Waals surface area contributed by atoms with Gasteiger partial charge in [-0.2, -0.15) is 16.1 Å². The second-order valence-electron chi connectivity index (χ2n) is 4.51. The molecule has 1 rings (SSSR count). The highest BCUT2D eigenvalue weighted by atomic mass is 32.2. The lowest BCUT2D eigenvalue weighted by Gasteiger charge is -2.24. The molecule has 0 aliphatic rings. The van der Waals surface area contributed by atoms with Crippen LogP contribution in [0, 0.1) is 0 Å². The number of thioether (sulfide) groups is 1. The number of benzene rings is 1. The molecular weight excluding hydrogens is 296 g/mol. The molecule has 114 valence electrons. The Morgan fingerprint density at radius 1 is 1.45 bits per heavy atom. The highest BCUT2D eigenvalue weighted by molar-refractivity contribution is 7.98. The van der Waals surface area contributed by atoms with Crippen molar-refractivity contribution in [3.8, 4) is 5.75 Å². The van der Waals surface area contributed by atoms with E-state index in [0.717, 1.165) is 11.3 Å². The maximum absolute atomic E-state index is 12.7. The largest absolute Gasteiger partial charge is 0.495 e. The van der Waals surface area contributed by atoms with Gasteiger partial charge in [0.1, 0.15) is 10.6 Å². The lowest BCUT2D eigenvalue weighted by atomic mass is 10.2. The molecule has 20 heavy (non-hydrogen) atoms. The van der Waals surface area contributed by atoms with E-state index in [9.17, 15) is 8.42 Å². The summed E-state index contributed by atoms with van der Waals surface area (Å²) in [6.45, 7) is 2.17. The third kappa shape index (κ3) is 3.66. The Labute approximate surface area is 125 Å². The molecule has 1 atom stereocenters. The van der Waals surface area contributed by atoms with Gasteiger partial charge in [-0.15, -0.1) is 0 Å².